The summed E-state index contributed by atoms with van der Waals surface area (Å²) < 4.78 is 27.5. The molecule has 1 aromatic carbocycles. The van der Waals surface area contributed by atoms with Gasteiger partial charge >= 0.3 is 0 Å². The van der Waals surface area contributed by atoms with Crippen LogP contribution in [0.4, 0.5) is 14.7 Å². The number of rotatable bonds is 3. The molecule has 1 aliphatic heterocycles. The van der Waals surface area contributed by atoms with E-state index < -0.39 is 11.6 Å². The third kappa shape index (κ3) is 3.58. The molecule has 3 heterocycles. The highest BCUT2D eigenvalue weighted by atomic mass is 19.2. The molecule has 0 saturated carbocycles. The molecule has 1 saturated heterocycles. The van der Waals surface area contributed by atoms with Gasteiger partial charge in [0, 0.05) is 40.5 Å². The maximum absolute atomic E-state index is 14.0. The maximum atomic E-state index is 14.0. The second-order valence-corrected chi connectivity index (χ2v) is 8.89. The average molecular weight is 385 g/mol. The average Bonchev–Trinajstić information content (AvgIpc) is 3.00. The molecule has 0 unspecified atom stereocenters. The van der Waals surface area contributed by atoms with E-state index in [9.17, 15) is 8.78 Å². The number of H-pyrrole nitrogens is 1. The zero-order valence-corrected chi connectivity index (χ0v) is 16.5. The van der Waals surface area contributed by atoms with Gasteiger partial charge in [-0.05, 0) is 58.7 Å². The molecule has 28 heavy (non-hydrogen) atoms. The number of nitrogens with one attached hydrogen (secondary N) is 3. The van der Waals surface area contributed by atoms with Gasteiger partial charge in [0.15, 0.2) is 11.6 Å². The standard InChI is InChI=1S/C21H25F2N5/c1-20(2)9-12(10-21(3,4)28-20)26-19-24-8-7-16(27-19)14-11-25-18-13(14)5-6-15(22)17(18)23/h5-8,11-12,25,28H,9-10H2,1-4H3,(H,24,26,27). The molecule has 1 aliphatic rings. The van der Waals surface area contributed by atoms with Crippen molar-refractivity contribution in [1.29, 1.82) is 0 Å². The van der Waals surface area contributed by atoms with Crippen LogP contribution in [0.3, 0.4) is 0 Å². The molecule has 3 aromatic rings. The first kappa shape index (κ1) is 18.8. The number of hydrogen-bond donors (Lipinski definition) is 3. The smallest absolute Gasteiger partial charge is 0.223 e. The van der Waals surface area contributed by atoms with E-state index in [2.05, 4.69) is 53.3 Å². The predicted octanol–water partition coefficient (Wildman–Crippen LogP) is 4.62. The van der Waals surface area contributed by atoms with E-state index in [0.29, 0.717) is 22.6 Å². The Bertz CT molecular complexity index is 1010. The van der Waals surface area contributed by atoms with E-state index in [4.69, 9.17) is 0 Å². The van der Waals surface area contributed by atoms with Crippen molar-refractivity contribution in [3.05, 3.63) is 42.2 Å². The Morgan fingerprint density at radius 3 is 2.50 bits per heavy atom. The predicted molar refractivity (Wildman–Crippen MR) is 107 cm³/mol. The summed E-state index contributed by atoms with van der Waals surface area (Å²) in [7, 11) is 0. The quantitative estimate of drug-likeness (QED) is 0.615. The fourth-order valence-corrected chi connectivity index (χ4v) is 4.54. The minimum absolute atomic E-state index is 0.00939. The van der Waals surface area contributed by atoms with E-state index in [1.807, 2.05) is 0 Å². The molecule has 0 radical (unpaired) electrons. The van der Waals surface area contributed by atoms with Gasteiger partial charge in [-0.3, -0.25) is 0 Å². The fourth-order valence-electron chi connectivity index (χ4n) is 4.54. The lowest BCUT2D eigenvalue weighted by molar-refractivity contribution is 0.170. The van der Waals surface area contributed by atoms with Crippen molar-refractivity contribution in [1.82, 2.24) is 20.3 Å². The van der Waals surface area contributed by atoms with Crippen LogP contribution in [0.5, 0.6) is 0 Å². The van der Waals surface area contributed by atoms with Gasteiger partial charge in [-0.15, -0.1) is 0 Å². The Labute approximate surface area is 163 Å². The summed E-state index contributed by atoms with van der Waals surface area (Å²) in [5.41, 5.74) is 1.53. The third-order valence-corrected chi connectivity index (χ3v) is 5.20. The van der Waals surface area contributed by atoms with E-state index in [-0.39, 0.29) is 22.6 Å². The molecule has 0 amide bonds. The molecule has 0 spiro atoms. The molecule has 0 bridgehead atoms. The highest BCUT2D eigenvalue weighted by molar-refractivity contribution is 5.95. The Hall–Kier alpha value is -2.54. The van der Waals surface area contributed by atoms with Crippen molar-refractivity contribution in [2.45, 2.75) is 57.7 Å². The first-order valence-corrected chi connectivity index (χ1v) is 9.48. The fraction of sp³-hybridized carbons (Fsp3) is 0.429. The molecule has 1 fully saturated rings. The molecular weight excluding hydrogens is 360 g/mol. The van der Waals surface area contributed by atoms with Gasteiger partial charge in [-0.2, -0.15) is 0 Å². The first-order valence-electron chi connectivity index (χ1n) is 9.48. The van der Waals surface area contributed by atoms with Crippen molar-refractivity contribution in [3.8, 4) is 11.3 Å². The van der Waals surface area contributed by atoms with Crippen molar-refractivity contribution in [2.75, 3.05) is 5.32 Å². The maximum Gasteiger partial charge on any atom is 0.223 e. The lowest BCUT2D eigenvalue weighted by Crippen LogP contribution is -2.60. The number of fused-ring (bicyclic) bond motifs is 1. The summed E-state index contributed by atoms with van der Waals surface area (Å²) in [4.78, 5) is 11.8. The second kappa shape index (κ2) is 6.51. The molecule has 0 aliphatic carbocycles. The molecule has 5 nitrogen and oxygen atoms in total. The topological polar surface area (TPSA) is 65.6 Å². The number of anilines is 1. The van der Waals surface area contributed by atoms with Gasteiger partial charge in [0.2, 0.25) is 5.95 Å². The van der Waals surface area contributed by atoms with Crippen molar-refractivity contribution in [3.63, 3.8) is 0 Å². The van der Waals surface area contributed by atoms with Crippen LogP contribution in [0.2, 0.25) is 0 Å². The normalized spacial score (nSPS) is 19.1. The highest BCUT2D eigenvalue weighted by Gasteiger charge is 2.37. The number of aromatic amines is 1. The largest absolute Gasteiger partial charge is 0.358 e. The van der Waals surface area contributed by atoms with Crippen LogP contribution >= 0.6 is 0 Å². The van der Waals surface area contributed by atoms with Crippen LogP contribution in [0.1, 0.15) is 40.5 Å². The Balaban J connectivity index is 1.63. The Morgan fingerprint density at radius 2 is 1.79 bits per heavy atom. The van der Waals surface area contributed by atoms with Gasteiger partial charge in [0.05, 0.1) is 11.2 Å². The van der Waals surface area contributed by atoms with Gasteiger partial charge in [-0.1, -0.05) is 0 Å². The highest BCUT2D eigenvalue weighted by Crippen LogP contribution is 2.32. The summed E-state index contributed by atoms with van der Waals surface area (Å²) >= 11 is 0. The van der Waals surface area contributed by atoms with Crippen molar-refractivity contribution < 1.29 is 8.78 Å². The number of hydrogen-bond acceptors (Lipinski definition) is 4. The van der Waals surface area contributed by atoms with Gasteiger partial charge in [-0.25, -0.2) is 18.7 Å². The zero-order valence-electron chi connectivity index (χ0n) is 16.5. The number of piperidine rings is 1. The van der Waals surface area contributed by atoms with Crippen LogP contribution in [0, 0.1) is 11.6 Å². The first-order chi connectivity index (χ1) is 13.1. The molecule has 3 N–H and O–H groups in total. The number of benzene rings is 1. The SMILES string of the molecule is CC1(C)CC(Nc2nccc(-c3c[nH]c4c(F)c(F)ccc34)n2)CC(C)(C)N1. The van der Waals surface area contributed by atoms with Gasteiger partial charge in [0.25, 0.3) is 0 Å². The molecule has 0 atom stereocenters. The minimum atomic E-state index is -0.879. The summed E-state index contributed by atoms with van der Waals surface area (Å²) in [6, 6.07) is 4.70. The van der Waals surface area contributed by atoms with Crippen molar-refractivity contribution in [2.24, 2.45) is 0 Å². The van der Waals surface area contributed by atoms with E-state index in [1.165, 1.54) is 0 Å². The van der Waals surface area contributed by atoms with Crippen LogP contribution < -0.4 is 10.6 Å². The molecule has 7 heteroatoms. The monoisotopic (exact) mass is 385 g/mol. The van der Waals surface area contributed by atoms with Crippen LogP contribution in [-0.2, 0) is 0 Å². The summed E-state index contributed by atoms with van der Waals surface area (Å²) in [6.07, 6.45) is 5.22. The van der Waals surface area contributed by atoms with E-state index >= 15 is 0 Å². The van der Waals surface area contributed by atoms with Crippen LogP contribution in [-0.4, -0.2) is 32.1 Å². The molecule has 4 rings (SSSR count). The van der Waals surface area contributed by atoms with Crippen LogP contribution in [0.25, 0.3) is 22.2 Å². The Morgan fingerprint density at radius 1 is 1.07 bits per heavy atom. The number of nitrogens with zero attached hydrogens (tertiary/aromatic N) is 2. The van der Waals surface area contributed by atoms with E-state index in [1.54, 1.807) is 24.5 Å². The molecule has 2 aromatic heterocycles. The van der Waals surface area contributed by atoms with Gasteiger partial charge in [0.1, 0.15) is 0 Å². The second-order valence-electron chi connectivity index (χ2n) is 8.89. The summed E-state index contributed by atoms with van der Waals surface area (Å²) in [5.74, 6) is -1.22. The Kier molecular flexibility index (Phi) is 4.38. The molecular formula is C21H25F2N5. The zero-order chi connectivity index (χ0) is 20.1. The molecule has 148 valence electrons. The lowest BCUT2D eigenvalue weighted by Gasteiger charge is -2.46. The summed E-state index contributed by atoms with van der Waals surface area (Å²) in [6.45, 7) is 8.78. The van der Waals surface area contributed by atoms with Crippen LogP contribution in [0.15, 0.2) is 30.6 Å². The number of halogens is 2. The summed E-state index contributed by atoms with van der Waals surface area (Å²) in [5, 5.41) is 7.71. The lowest BCUT2D eigenvalue weighted by atomic mass is 9.80. The number of aromatic nitrogens is 3. The third-order valence-electron chi connectivity index (χ3n) is 5.20. The minimum Gasteiger partial charge on any atom is -0.358 e. The van der Waals surface area contributed by atoms with E-state index in [0.717, 1.165) is 18.9 Å². The van der Waals surface area contributed by atoms with Gasteiger partial charge < -0.3 is 15.6 Å². The van der Waals surface area contributed by atoms with Crippen molar-refractivity contribution >= 4 is 16.9 Å².